The predicted octanol–water partition coefficient (Wildman–Crippen LogP) is 0.114. The second kappa shape index (κ2) is 7.63. The summed E-state index contributed by atoms with van der Waals surface area (Å²) in [6.45, 7) is 0.594. The van der Waals surface area contributed by atoms with Crippen molar-refractivity contribution < 1.29 is 14.6 Å². The molecule has 1 fully saturated rings. The van der Waals surface area contributed by atoms with Crippen LogP contribution >= 0.6 is 0 Å². The highest BCUT2D eigenvalue weighted by molar-refractivity contribution is 5.82. The highest BCUT2D eigenvalue weighted by atomic mass is 16.5. The van der Waals surface area contributed by atoms with Gasteiger partial charge in [-0.1, -0.05) is 19.3 Å². The van der Waals surface area contributed by atoms with E-state index in [4.69, 9.17) is 15.6 Å². The zero-order valence-electron chi connectivity index (χ0n) is 10.6. The number of rotatable bonds is 6. The van der Waals surface area contributed by atoms with Gasteiger partial charge in [-0.2, -0.15) is 0 Å². The molecule has 1 atom stereocenters. The largest absolute Gasteiger partial charge is 0.395 e. The zero-order chi connectivity index (χ0) is 12.7. The van der Waals surface area contributed by atoms with E-state index in [1.54, 1.807) is 4.90 Å². The van der Waals surface area contributed by atoms with Gasteiger partial charge >= 0.3 is 0 Å². The molecule has 0 heterocycles. The second-order valence-corrected chi connectivity index (χ2v) is 4.61. The molecule has 0 radical (unpaired) electrons. The van der Waals surface area contributed by atoms with Crippen LogP contribution in [0.5, 0.6) is 0 Å². The van der Waals surface area contributed by atoms with Crippen LogP contribution in [-0.2, 0) is 9.53 Å². The normalized spacial score (nSPS) is 19.0. The molecular formula is C12H24N2O3. The summed E-state index contributed by atoms with van der Waals surface area (Å²) in [5.74, 6) is -0.104. The minimum absolute atomic E-state index is 0.0120. The van der Waals surface area contributed by atoms with Crippen LogP contribution in [0.4, 0.5) is 0 Å². The minimum atomic E-state index is -0.617. The van der Waals surface area contributed by atoms with E-state index in [0.29, 0.717) is 6.54 Å². The van der Waals surface area contributed by atoms with E-state index < -0.39 is 6.04 Å². The van der Waals surface area contributed by atoms with Crippen LogP contribution in [-0.4, -0.2) is 54.9 Å². The number of aliphatic hydroxyl groups excluding tert-OH is 1. The first-order valence-corrected chi connectivity index (χ1v) is 6.36. The van der Waals surface area contributed by atoms with Crippen molar-refractivity contribution in [3.63, 3.8) is 0 Å². The Morgan fingerprint density at radius 2 is 2.12 bits per heavy atom. The van der Waals surface area contributed by atoms with Crippen molar-refractivity contribution in [2.24, 2.45) is 5.73 Å². The highest BCUT2D eigenvalue weighted by Gasteiger charge is 2.28. The predicted molar refractivity (Wildman–Crippen MR) is 65.5 cm³/mol. The molecule has 5 heteroatoms. The molecule has 0 aromatic carbocycles. The van der Waals surface area contributed by atoms with Crippen molar-refractivity contribution in [3.8, 4) is 0 Å². The fraction of sp³-hybridized carbons (Fsp3) is 0.917. The number of hydrogen-bond acceptors (Lipinski definition) is 4. The maximum absolute atomic E-state index is 12.1. The Labute approximate surface area is 103 Å². The van der Waals surface area contributed by atoms with Gasteiger partial charge in [0.2, 0.25) is 5.91 Å². The van der Waals surface area contributed by atoms with Crippen LogP contribution < -0.4 is 5.73 Å². The molecule has 0 aliphatic heterocycles. The first kappa shape index (κ1) is 14.4. The number of nitrogens with zero attached hydrogens (tertiary/aromatic N) is 1. The molecule has 1 saturated carbocycles. The van der Waals surface area contributed by atoms with Crippen molar-refractivity contribution in [2.45, 2.75) is 44.2 Å². The van der Waals surface area contributed by atoms with E-state index >= 15 is 0 Å². The van der Waals surface area contributed by atoms with Crippen molar-refractivity contribution in [1.82, 2.24) is 4.90 Å². The van der Waals surface area contributed by atoms with Crippen LogP contribution in [0.3, 0.4) is 0 Å². The van der Waals surface area contributed by atoms with Crippen LogP contribution in [0.15, 0.2) is 0 Å². The van der Waals surface area contributed by atoms with Gasteiger partial charge in [-0.25, -0.2) is 0 Å². The third kappa shape index (κ3) is 4.26. The van der Waals surface area contributed by atoms with Gasteiger partial charge in [0.1, 0.15) is 6.04 Å². The van der Waals surface area contributed by atoms with Crippen molar-refractivity contribution >= 4 is 5.91 Å². The Hall–Kier alpha value is -0.650. The molecular weight excluding hydrogens is 220 g/mol. The summed E-state index contributed by atoms with van der Waals surface area (Å²) in [4.78, 5) is 13.9. The molecule has 0 spiro atoms. The maximum Gasteiger partial charge on any atom is 0.242 e. The molecule has 1 aliphatic carbocycles. The Bertz CT molecular complexity index is 230. The Morgan fingerprint density at radius 1 is 1.47 bits per heavy atom. The van der Waals surface area contributed by atoms with E-state index in [-0.39, 0.29) is 25.2 Å². The number of carbonyl (C=O) groups is 1. The standard InChI is InChI=1S/C12H24N2O3/c1-17-9-11(13)12(16)14(7-8-15)10-5-3-2-4-6-10/h10-11,15H,2-9,13H2,1H3. The van der Waals surface area contributed by atoms with Gasteiger partial charge in [-0.05, 0) is 12.8 Å². The van der Waals surface area contributed by atoms with Gasteiger partial charge in [-0.15, -0.1) is 0 Å². The van der Waals surface area contributed by atoms with Gasteiger partial charge in [0.15, 0.2) is 0 Å². The Balaban J connectivity index is 2.59. The molecule has 1 amide bonds. The Kier molecular flexibility index (Phi) is 6.47. The van der Waals surface area contributed by atoms with E-state index in [1.165, 1.54) is 13.5 Å². The molecule has 0 bridgehead atoms. The molecule has 0 aromatic rings. The highest BCUT2D eigenvalue weighted by Crippen LogP contribution is 2.22. The van der Waals surface area contributed by atoms with Gasteiger partial charge in [-0.3, -0.25) is 4.79 Å². The lowest BCUT2D eigenvalue weighted by molar-refractivity contribution is -0.137. The summed E-state index contributed by atoms with van der Waals surface area (Å²) < 4.78 is 4.91. The number of hydrogen-bond donors (Lipinski definition) is 2. The summed E-state index contributed by atoms with van der Waals surface area (Å²) in [6.07, 6.45) is 5.58. The van der Waals surface area contributed by atoms with E-state index in [0.717, 1.165) is 25.7 Å². The molecule has 1 unspecified atom stereocenters. The lowest BCUT2D eigenvalue weighted by atomic mass is 9.93. The molecule has 1 rings (SSSR count). The monoisotopic (exact) mass is 244 g/mol. The number of nitrogens with two attached hydrogens (primary N) is 1. The van der Waals surface area contributed by atoms with Crippen LogP contribution in [0, 0.1) is 0 Å². The first-order valence-electron chi connectivity index (χ1n) is 6.36. The lowest BCUT2D eigenvalue weighted by Crippen LogP contribution is -2.51. The SMILES string of the molecule is COCC(N)C(=O)N(CCO)C1CCCCC1. The molecule has 3 N–H and O–H groups in total. The third-order valence-corrected chi connectivity index (χ3v) is 3.30. The number of carbonyl (C=O) groups excluding carboxylic acids is 1. The molecule has 5 nitrogen and oxygen atoms in total. The smallest absolute Gasteiger partial charge is 0.242 e. The summed E-state index contributed by atoms with van der Waals surface area (Å²) in [6, 6.07) is -0.375. The summed E-state index contributed by atoms with van der Waals surface area (Å²) in [7, 11) is 1.53. The number of methoxy groups -OCH3 is 1. The van der Waals surface area contributed by atoms with Crippen LogP contribution in [0.1, 0.15) is 32.1 Å². The van der Waals surface area contributed by atoms with Gasteiger partial charge in [0.25, 0.3) is 0 Å². The average molecular weight is 244 g/mol. The minimum Gasteiger partial charge on any atom is -0.395 e. The van der Waals surface area contributed by atoms with Crippen molar-refractivity contribution in [3.05, 3.63) is 0 Å². The number of ether oxygens (including phenoxy) is 1. The number of amides is 1. The quantitative estimate of drug-likeness (QED) is 0.695. The maximum atomic E-state index is 12.1. The topological polar surface area (TPSA) is 75.8 Å². The van der Waals surface area contributed by atoms with Crippen LogP contribution in [0.2, 0.25) is 0 Å². The van der Waals surface area contributed by atoms with Crippen molar-refractivity contribution in [2.75, 3.05) is 26.9 Å². The third-order valence-electron chi connectivity index (χ3n) is 3.30. The van der Waals surface area contributed by atoms with Crippen LogP contribution in [0.25, 0.3) is 0 Å². The molecule has 1 aliphatic rings. The fourth-order valence-electron chi connectivity index (χ4n) is 2.44. The van der Waals surface area contributed by atoms with Gasteiger partial charge in [0, 0.05) is 19.7 Å². The summed E-state index contributed by atoms with van der Waals surface area (Å²) in [5.41, 5.74) is 5.77. The van der Waals surface area contributed by atoms with Gasteiger partial charge < -0.3 is 20.5 Å². The average Bonchev–Trinajstić information content (AvgIpc) is 2.36. The summed E-state index contributed by atoms with van der Waals surface area (Å²) in [5, 5.41) is 9.06. The second-order valence-electron chi connectivity index (χ2n) is 4.61. The first-order chi connectivity index (χ1) is 8.20. The fourth-order valence-corrected chi connectivity index (χ4v) is 2.44. The molecule has 0 aromatic heterocycles. The van der Waals surface area contributed by atoms with E-state index in [1.807, 2.05) is 0 Å². The molecule has 100 valence electrons. The molecule has 17 heavy (non-hydrogen) atoms. The summed E-state index contributed by atoms with van der Waals surface area (Å²) >= 11 is 0. The molecule has 0 saturated heterocycles. The van der Waals surface area contributed by atoms with E-state index in [9.17, 15) is 4.79 Å². The zero-order valence-corrected chi connectivity index (χ0v) is 10.6. The van der Waals surface area contributed by atoms with Gasteiger partial charge in [0.05, 0.1) is 13.2 Å². The lowest BCUT2D eigenvalue weighted by Gasteiger charge is -2.35. The van der Waals surface area contributed by atoms with E-state index in [2.05, 4.69) is 0 Å². The number of aliphatic hydroxyl groups is 1. The van der Waals surface area contributed by atoms with Crippen molar-refractivity contribution in [1.29, 1.82) is 0 Å². The Morgan fingerprint density at radius 3 is 2.65 bits per heavy atom.